The van der Waals surface area contributed by atoms with Gasteiger partial charge >= 0.3 is 0 Å². The van der Waals surface area contributed by atoms with Crippen molar-refractivity contribution in [2.24, 2.45) is 5.73 Å². The molecule has 0 bridgehead atoms. The van der Waals surface area contributed by atoms with Crippen LogP contribution in [0.25, 0.3) is 10.8 Å². The summed E-state index contributed by atoms with van der Waals surface area (Å²) < 4.78 is 5.94. The van der Waals surface area contributed by atoms with E-state index in [0.717, 1.165) is 35.6 Å². The zero-order valence-corrected chi connectivity index (χ0v) is 17.5. The van der Waals surface area contributed by atoms with Gasteiger partial charge in [0.1, 0.15) is 11.3 Å². The largest absolute Gasteiger partial charge is 0.474 e. The van der Waals surface area contributed by atoms with Gasteiger partial charge in [-0.2, -0.15) is 11.8 Å². The Morgan fingerprint density at radius 3 is 2.40 bits per heavy atom. The van der Waals surface area contributed by atoms with Crippen LogP contribution in [0.1, 0.15) is 58.1 Å². The zero-order valence-electron chi connectivity index (χ0n) is 15.9. The smallest absolute Gasteiger partial charge is 0.223 e. The summed E-state index contributed by atoms with van der Waals surface area (Å²) in [5.41, 5.74) is 7.15. The highest BCUT2D eigenvalue weighted by Gasteiger charge is 2.22. The number of rotatable bonds is 4. The van der Waals surface area contributed by atoms with Crippen molar-refractivity contribution in [1.82, 2.24) is 9.97 Å². The number of ether oxygens (including phenoxy) is 1. The van der Waals surface area contributed by atoms with Crippen molar-refractivity contribution in [2.45, 2.75) is 58.6 Å². The Kier molecular flexibility index (Phi) is 10.2. The summed E-state index contributed by atoms with van der Waals surface area (Å²) in [5.74, 6) is 0.640. The highest BCUT2D eigenvalue weighted by atomic mass is 35.5. The van der Waals surface area contributed by atoms with Crippen LogP contribution >= 0.6 is 23.4 Å². The van der Waals surface area contributed by atoms with Crippen LogP contribution in [-0.4, -0.2) is 28.6 Å². The SMILES string of the molecule is CC.CCC(N)c1cnc(OC2CCC2)c2cnc(Cl)cc12.CSC. The van der Waals surface area contributed by atoms with Crippen molar-refractivity contribution in [3.8, 4) is 5.88 Å². The Morgan fingerprint density at radius 2 is 1.88 bits per heavy atom. The van der Waals surface area contributed by atoms with Crippen LogP contribution in [0.2, 0.25) is 5.15 Å². The van der Waals surface area contributed by atoms with E-state index in [-0.39, 0.29) is 12.1 Å². The van der Waals surface area contributed by atoms with E-state index in [0.29, 0.717) is 11.0 Å². The molecular weight excluding hydrogens is 354 g/mol. The lowest BCUT2D eigenvalue weighted by Gasteiger charge is -2.26. The molecule has 140 valence electrons. The summed E-state index contributed by atoms with van der Waals surface area (Å²) in [6.07, 6.45) is 12.2. The van der Waals surface area contributed by atoms with Crippen LogP contribution in [0.5, 0.6) is 5.88 Å². The number of pyridine rings is 2. The van der Waals surface area contributed by atoms with Crippen molar-refractivity contribution < 1.29 is 4.74 Å². The second kappa shape index (κ2) is 11.6. The van der Waals surface area contributed by atoms with Crippen LogP contribution in [0.15, 0.2) is 18.5 Å². The maximum atomic E-state index is 6.15. The Morgan fingerprint density at radius 1 is 1.24 bits per heavy atom. The Hall–Kier alpha value is -1.04. The highest BCUT2D eigenvalue weighted by molar-refractivity contribution is 7.97. The van der Waals surface area contributed by atoms with E-state index in [9.17, 15) is 0 Å². The number of fused-ring (bicyclic) bond motifs is 1. The van der Waals surface area contributed by atoms with Crippen LogP contribution in [0.4, 0.5) is 0 Å². The minimum Gasteiger partial charge on any atom is -0.474 e. The second-order valence-corrected chi connectivity index (χ2v) is 6.87. The minimum atomic E-state index is -0.0544. The Bertz CT molecular complexity index is 650. The summed E-state index contributed by atoms with van der Waals surface area (Å²) in [4.78, 5) is 8.59. The van der Waals surface area contributed by atoms with E-state index in [1.54, 1.807) is 24.2 Å². The topological polar surface area (TPSA) is 61.0 Å². The molecule has 1 fully saturated rings. The number of hydrogen-bond acceptors (Lipinski definition) is 5. The van der Waals surface area contributed by atoms with Gasteiger partial charge in [-0.15, -0.1) is 0 Å². The molecule has 2 aromatic rings. The Labute approximate surface area is 160 Å². The van der Waals surface area contributed by atoms with Gasteiger partial charge in [0.2, 0.25) is 5.88 Å². The summed E-state index contributed by atoms with van der Waals surface area (Å²) in [5, 5.41) is 2.34. The van der Waals surface area contributed by atoms with Gasteiger partial charge in [-0.3, -0.25) is 0 Å². The predicted octanol–water partition coefficient (Wildman–Crippen LogP) is 5.63. The molecular formula is C19H30ClN3OS. The van der Waals surface area contributed by atoms with Gasteiger partial charge in [-0.05, 0) is 55.2 Å². The molecule has 1 aliphatic carbocycles. The number of halogens is 1. The van der Waals surface area contributed by atoms with Crippen LogP contribution < -0.4 is 10.5 Å². The maximum Gasteiger partial charge on any atom is 0.223 e. The molecule has 2 aromatic heterocycles. The van der Waals surface area contributed by atoms with E-state index >= 15 is 0 Å². The first-order valence-electron chi connectivity index (χ1n) is 8.87. The molecule has 0 saturated heterocycles. The number of hydrogen-bond donors (Lipinski definition) is 1. The van der Waals surface area contributed by atoms with E-state index in [1.807, 2.05) is 32.4 Å². The molecule has 4 nitrogen and oxygen atoms in total. The number of nitrogens with zero attached hydrogens (tertiary/aromatic N) is 2. The first-order valence-corrected chi connectivity index (χ1v) is 10.9. The van der Waals surface area contributed by atoms with Crippen molar-refractivity contribution >= 4 is 34.1 Å². The van der Waals surface area contributed by atoms with Gasteiger partial charge in [0.25, 0.3) is 0 Å². The predicted molar refractivity (Wildman–Crippen MR) is 111 cm³/mol. The zero-order chi connectivity index (χ0) is 18.8. The first-order chi connectivity index (χ1) is 12.1. The van der Waals surface area contributed by atoms with Crippen LogP contribution in [0.3, 0.4) is 0 Å². The third kappa shape index (κ3) is 6.01. The maximum absolute atomic E-state index is 6.15. The first kappa shape index (κ1) is 22.0. The third-order valence-electron chi connectivity index (χ3n) is 3.90. The van der Waals surface area contributed by atoms with Crippen LogP contribution in [-0.2, 0) is 0 Å². The van der Waals surface area contributed by atoms with E-state index in [1.165, 1.54) is 6.42 Å². The molecule has 3 rings (SSSR count). The van der Waals surface area contributed by atoms with Gasteiger partial charge in [0, 0.05) is 18.4 Å². The number of aromatic nitrogens is 2. The van der Waals surface area contributed by atoms with Crippen molar-refractivity contribution in [3.05, 3.63) is 29.2 Å². The molecule has 1 atom stereocenters. The molecule has 0 aromatic carbocycles. The lowest BCUT2D eigenvalue weighted by atomic mass is 9.96. The standard InChI is InChI=1S/C15H18ClN3O.C2H6S.C2H6/c1-2-13(17)11-7-19-15(20-9-4-3-5-9)12-8-18-14(16)6-10(11)12;1-3-2;1-2/h6-9,13H,2-5,17H2,1H3;1-2H3;1-2H3. The summed E-state index contributed by atoms with van der Waals surface area (Å²) >= 11 is 7.77. The molecule has 2 heterocycles. The number of thioether (sulfide) groups is 1. The van der Waals surface area contributed by atoms with Crippen molar-refractivity contribution in [1.29, 1.82) is 0 Å². The third-order valence-corrected chi connectivity index (χ3v) is 4.11. The number of nitrogens with two attached hydrogens (primary N) is 1. The molecule has 1 saturated carbocycles. The van der Waals surface area contributed by atoms with E-state index in [2.05, 4.69) is 16.9 Å². The average molecular weight is 384 g/mol. The van der Waals surface area contributed by atoms with Gasteiger partial charge in [-0.25, -0.2) is 9.97 Å². The summed E-state index contributed by atoms with van der Waals surface area (Å²) in [6, 6.07) is 1.79. The highest BCUT2D eigenvalue weighted by Crippen LogP contribution is 2.33. The molecule has 0 amide bonds. The lowest BCUT2D eigenvalue weighted by Crippen LogP contribution is -2.25. The van der Waals surface area contributed by atoms with Crippen molar-refractivity contribution in [3.63, 3.8) is 0 Å². The second-order valence-electron chi connectivity index (χ2n) is 5.67. The lowest BCUT2D eigenvalue weighted by molar-refractivity contribution is 0.116. The van der Waals surface area contributed by atoms with Gasteiger partial charge in [-0.1, -0.05) is 32.4 Å². The van der Waals surface area contributed by atoms with Gasteiger partial charge < -0.3 is 10.5 Å². The molecule has 0 spiro atoms. The monoisotopic (exact) mass is 383 g/mol. The quantitative estimate of drug-likeness (QED) is 0.693. The van der Waals surface area contributed by atoms with Gasteiger partial charge in [0.15, 0.2) is 0 Å². The normalized spacial score (nSPS) is 14.5. The average Bonchev–Trinajstić information content (AvgIpc) is 2.59. The van der Waals surface area contributed by atoms with Gasteiger partial charge in [0.05, 0.1) is 5.39 Å². The Balaban J connectivity index is 0.000000567. The molecule has 0 aliphatic heterocycles. The van der Waals surface area contributed by atoms with E-state index < -0.39 is 0 Å². The molecule has 2 N–H and O–H groups in total. The molecule has 1 unspecified atom stereocenters. The van der Waals surface area contributed by atoms with E-state index in [4.69, 9.17) is 22.1 Å². The fourth-order valence-electron chi connectivity index (χ4n) is 2.36. The van der Waals surface area contributed by atoms with Crippen molar-refractivity contribution in [2.75, 3.05) is 12.5 Å². The minimum absolute atomic E-state index is 0.0544. The fraction of sp³-hybridized carbons (Fsp3) is 0.579. The molecule has 0 radical (unpaired) electrons. The summed E-state index contributed by atoms with van der Waals surface area (Å²) in [6.45, 7) is 6.05. The fourth-order valence-corrected chi connectivity index (χ4v) is 2.52. The molecule has 25 heavy (non-hydrogen) atoms. The van der Waals surface area contributed by atoms with Crippen LogP contribution in [0, 0.1) is 0 Å². The molecule has 6 heteroatoms. The summed E-state index contributed by atoms with van der Waals surface area (Å²) in [7, 11) is 0. The molecule has 1 aliphatic rings.